The predicted molar refractivity (Wildman–Crippen MR) is 156 cm³/mol. The molecule has 1 amide bonds. The van der Waals surface area contributed by atoms with E-state index in [4.69, 9.17) is 0 Å². The Morgan fingerprint density at radius 2 is 1.77 bits per heavy atom. The van der Waals surface area contributed by atoms with Crippen LogP contribution < -0.4 is 5.32 Å². The summed E-state index contributed by atoms with van der Waals surface area (Å²) < 4.78 is 25.9. The zero-order valence-electron chi connectivity index (χ0n) is 22.4. The molecule has 1 saturated heterocycles. The van der Waals surface area contributed by atoms with Crippen LogP contribution in [0.25, 0.3) is 16.3 Å². The Morgan fingerprint density at radius 3 is 2.56 bits per heavy atom. The highest BCUT2D eigenvalue weighted by Gasteiger charge is 2.26. The number of aryl methyl sites for hydroxylation is 1. The topological polar surface area (TPSA) is 86.7 Å². The number of nitrogens with one attached hydrogen (secondary N) is 1. The van der Waals surface area contributed by atoms with Crippen molar-refractivity contribution in [3.63, 3.8) is 0 Å². The van der Waals surface area contributed by atoms with Crippen LogP contribution in [0.5, 0.6) is 0 Å². The van der Waals surface area contributed by atoms with Crippen LogP contribution >= 0.6 is 0 Å². The van der Waals surface area contributed by atoms with Gasteiger partial charge in [0.05, 0.1) is 29.2 Å². The number of carbonyl (C=O) groups is 1. The molecule has 0 saturated carbocycles. The number of piperidine rings is 1. The van der Waals surface area contributed by atoms with Crippen LogP contribution in [0.2, 0.25) is 0 Å². The number of aliphatic hydroxyl groups excluding tert-OH is 1. The van der Waals surface area contributed by atoms with E-state index in [0.29, 0.717) is 0 Å². The van der Waals surface area contributed by atoms with Gasteiger partial charge in [0.25, 0.3) is 0 Å². The maximum absolute atomic E-state index is 12.9. The number of benzene rings is 3. The SMILES string of the molecule is C=C(CN1CCCCC1)c1ccc2c(c1)CCC[C@H]2NC(=O)C[C@H](O)CS(=O)(=O)c1ccc2ccccc2c1. The molecule has 2 N–H and O–H groups in total. The lowest BCUT2D eigenvalue weighted by atomic mass is 9.85. The third-order valence-electron chi connectivity index (χ3n) is 7.98. The molecule has 1 heterocycles. The minimum absolute atomic E-state index is 0.144. The largest absolute Gasteiger partial charge is 0.392 e. The van der Waals surface area contributed by atoms with Crippen molar-refractivity contribution in [1.82, 2.24) is 10.2 Å². The first kappa shape index (κ1) is 27.6. The number of fused-ring (bicyclic) bond motifs is 2. The first-order valence-corrected chi connectivity index (χ1v) is 15.7. The fourth-order valence-corrected chi connectivity index (χ4v) is 7.30. The number of carbonyl (C=O) groups excluding carboxylic acids is 1. The summed E-state index contributed by atoms with van der Waals surface area (Å²) in [7, 11) is -3.74. The van der Waals surface area contributed by atoms with Gasteiger partial charge in [-0.05, 0) is 90.4 Å². The lowest BCUT2D eigenvalue weighted by Crippen LogP contribution is -2.35. The highest BCUT2D eigenvalue weighted by molar-refractivity contribution is 7.91. The smallest absolute Gasteiger partial charge is 0.223 e. The molecule has 0 spiro atoms. The molecule has 6 nitrogen and oxygen atoms in total. The van der Waals surface area contributed by atoms with Crippen molar-refractivity contribution in [1.29, 1.82) is 0 Å². The number of sulfone groups is 1. The second kappa shape index (κ2) is 12.0. The number of amides is 1. The van der Waals surface area contributed by atoms with Gasteiger partial charge < -0.3 is 10.4 Å². The summed E-state index contributed by atoms with van der Waals surface area (Å²) in [6.07, 6.45) is 5.00. The Hall–Kier alpha value is -3.00. The van der Waals surface area contributed by atoms with E-state index in [-0.39, 0.29) is 23.3 Å². The summed E-state index contributed by atoms with van der Waals surface area (Å²) in [5, 5.41) is 15.3. The summed E-state index contributed by atoms with van der Waals surface area (Å²) in [5.74, 6) is -0.838. The Kier molecular flexibility index (Phi) is 8.50. The van der Waals surface area contributed by atoms with Crippen molar-refractivity contribution in [3.05, 3.63) is 83.9 Å². The maximum Gasteiger partial charge on any atom is 0.223 e. The van der Waals surface area contributed by atoms with Crippen molar-refractivity contribution in [3.8, 4) is 0 Å². The molecule has 1 aliphatic heterocycles. The molecule has 0 radical (unpaired) electrons. The fourth-order valence-electron chi connectivity index (χ4n) is 5.90. The molecular weight excluding hydrogens is 508 g/mol. The molecule has 5 rings (SSSR count). The van der Waals surface area contributed by atoms with Crippen LogP contribution in [0.4, 0.5) is 0 Å². The van der Waals surface area contributed by atoms with E-state index in [1.165, 1.54) is 24.8 Å². The Balaban J connectivity index is 1.19. The Bertz CT molecular complexity index is 1460. The van der Waals surface area contributed by atoms with Gasteiger partial charge in [0, 0.05) is 6.54 Å². The summed E-state index contributed by atoms with van der Waals surface area (Å²) in [6.45, 7) is 7.50. The molecule has 2 aliphatic rings. The van der Waals surface area contributed by atoms with Gasteiger partial charge in [-0.2, -0.15) is 0 Å². The van der Waals surface area contributed by atoms with E-state index in [2.05, 4.69) is 35.0 Å². The van der Waals surface area contributed by atoms with Crippen molar-refractivity contribution in [2.24, 2.45) is 0 Å². The molecule has 7 heteroatoms. The van der Waals surface area contributed by atoms with Gasteiger partial charge in [-0.1, -0.05) is 61.5 Å². The zero-order valence-corrected chi connectivity index (χ0v) is 23.3. The zero-order chi connectivity index (χ0) is 27.4. The highest BCUT2D eigenvalue weighted by Crippen LogP contribution is 2.32. The molecule has 206 valence electrons. The lowest BCUT2D eigenvalue weighted by molar-refractivity contribution is -0.123. The van der Waals surface area contributed by atoms with Gasteiger partial charge in [-0.25, -0.2) is 8.42 Å². The summed E-state index contributed by atoms with van der Waals surface area (Å²) in [6, 6.07) is 18.7. The molecule has 1 fully saturated rings. The van der Waals surface area contributed by atoms with E-state index in [1.54, 1.807) is 18.2 Å². The first-order chi connectivity index (χ1) is 18.8. The van der Waals surface area contributed by atoms with E-state index in [0.717, 1.165) is 66.4 Å². The van der Waals surface area contributed by atoms with Crippen LogP contribution in [0.3, 0.4) is 0 Å². The third-order valence-corrected chi connectivity index (χ3v) is 9.77. The van der Waals surface area contributed by atoms with Crippen molar-refractivity contribution >= 4 is 32.1 Å². The number of likely N-dealkylation sites (tertiary alicyclic amines) is 1. The standard InChI is InChI=1S/C32H38N2O4S/c1-23(21-34-16-5-2-6-17-34)25-13-15-30-27(18-25)10-7-11-31(30)33-32(36)20-28(35)22-39(37,38)29-14-12-24-8-3-4-9-26(24)19-29/h3-4,8-9,12-15,18-19,28,31,35H,1-2,5-7,10-11,16-17,20-22H2,(H,33,36)/t28-,31+/m0/s1. The van der Waals surface area contributed by atoms with E-state index in [1.807, 2.05) is 24.3 Å². The van der Waals surface area contributed by atoms with Crippen LogP contribution in [-0.4, -0.2) is 55.8 Å². The van der Waals surface area contributed by atoms with Crippen LogP contribution in [0.1, 0.15) is 61.3 Å². The van der Waals surface area contributed by atoms with E-state index in [9.17, 15) is 18.3 Å². The van der Waals surface area contributed by atoms with Gasteiger partial charge >= 0.3 is 0 Å². The monoisotopic (exact) mass is 546 g/mol. The van der Waals surface area contributed by atoms with E-state index < -0.39 is 21.7 Å². The van der Waals surface area contributed by atoms with Gasteiger partial charge in [0.1, 0.15) is 0 Å². The van der Waals surface area contributed by atoms with Gasteiger partial charge in [0.15, 0.2) is 9.84 Å². The molecule has 1 aliphatic carbocycles. The molecular formula is C32H38N2O4S. The normalized spacial score (nSPS) is 18.8. The molecule has 3 aromatic carbocycles. The summed E-state index contributed by atoms with van der Waals surface area (Å²) >= 11 is 0. The second-order valence-corrected chi connectivity index (χ2v) is 13.0. The molecule has 3 aromatic rings. The number of hydrogen-bond donors (Lipinski definition) is 2. The number of nitrogens with zero attached hydrogens (tertiary/aromatic N) is 1. The predicted octanol–water partition coefficient (Wildman–Crippen LogP) is 5.06. The summed E-state index contributed by atoms with van der Waals surface area (Å²) in [4.78, 5) is 15.5. The Morgan fingerprint density at radius 1 is 1.00 bits per heavy atom. The maximum atomic E-state index is 12.9. The molecule has 2 atom stereocenters. The quantitative estimate of drug-likeness (QED) is 0.392. The van der Waals surface area contributed by atoms with Crippen molar-refractivity contribution in [2.75, 3.05) is 25.4 Å². The third kappa shape index (κ3) is 6.78. The number of rotatable bonds is 9. The van der Waals surface area contributed by atoms with Crippen LogP contribution in [-0.2, 0) is 21.1 Å². The van der Waals surface area contributed by atoms with Gasteiger partial charge in [-0.15, -0.1) is 0 Å². The summed E-state index contributed by atoms with van der Waals surface area (Å²) in [5.41, 5.74) is 4.60. The highest BCUT2D eigenvalue weighted by atomic mass is 32.2. The first-order valence-electron chi connectivity index (χ1n) is 14.0. The van der Waals surface area contributed by atoms with E-state index >= 15 is 0 Å². The number of aliphatic hydroxyl groups is 1. The molecule has 0 unspecified atom stereocenters. The lowest BCUT2D eigenvalue weighted by Gasteiger charge is -2.29. The van der Waals surface area contributed by atoms with Crippen LogP contribution in [0, 0.1) is 0 Å². The van der Waals surface area contributed by atoms with Gasteiger partial charge in [0.2, 0.25) is 5.91 Å². The average molecular weight is 547 g/mol. The number of hydrogen-bond acceptors (Lipinski definition) is 5. The molecule has 39 heavy (non-hydrogen) atoms. The van der Waals surface area contributed by atoms with Crippen molar-refractivity contribution < 1.29 is 18.3 Å². The average Bonchev–Trinajstić information content (AvgIpc) is 2.92. The molecule has 0 aromatic heterocycles. The van der Waals surface area contributed by atoms with Crippen LogP contribution in [0.15, 0.2) is 72.1 Å². The molecule has 0 bridgehead atoms. The van der Waals surface area contributed by atoms with Gasteiger partial charge in [-0.3, -0.25) is 9.69 Å². The minimum Gasteiger partial charge on any atom is -0.392 e. The Labute approximate surface area is 231 Å². The van der Waals surface area contributed by atoms with Crippen molar-refractivity contribution in [2.45, 2.75) is 62.0 Å². The second-order valence-electron chi connectivity index (χ2n) is 11.0. The minimum atomic E-state index is -3.74. The fraction of sp³-hybridized carbons (Fsp3) is 0.406.